The van der Waals surface area contributed by atoms with Crippen molar-refractivity contribution in [2.45, 2.75) is 10.9 Å². The largest absolute Gasteiger partial charge is 0.480 e. The predicted octanol–water partition coefficient (Wildman–Crippen LogP) is 0.575. The van der Waals surface area contributed by atoms with Crippen molar-refractivity contribution < 1.29 is 18.3 Å². The van der Waals surface area contributed by atoms with Gasteiger partial charge in [0, 0.05) is 11.1 Å². The molecule has 3 N–H and O–H groups in total. The Morgan fingerprint density at radius 1 is 1.56 bits per heavy atom. The van der Waals surface area contributed by atoms with Gasteiger partial charge < -0.3 is 5.11 Å². The van der Waals surface area contributed by atoms with E-state index in [4.69, 9.17) is 5.11 Å². The maximum atomic E-state index is 11.9. The minimum atomic E-state index is -3.91. The Morgan fingerprint density at radius 3 is 2.83 bits per heavy atom. The summed E-state index contributed by atoms with van der Waals surface area (Å²) in [5, 5.41) is 16.6. The molecule has 0 bridgehead atoms. The lowest BCUT2D eigenvalue weighted by molar-refractivity contribution is -0.139. The highest BCUT2D eigenvalue weighted by Gasteiger charge is 2.28. The first kappa shape index (κ1) is 12.7. The number of nitrogens with zero attached hydrogens (tertiary/aromatic N) is 1. The lowest BCUT2D eigenvalue weighted by Crippen LogP contribution is -2.33. The summed E-state index contributed by atoms with van der Waals surface area (Å²) in [5.41, 5.74) is 0. The molecule has 9 heteroatoms. The Hall–Kier alpha value is -1.71. The van der Waals surface area contributed by atoms with Crippen LogP contribution in [0.3, 0.4) is 0 Å². The summed E-state index contributed by atoms with van der Waals surface area (Å²) in [5.74, 6) is -1.26. The van der Waals surface area contributed by atoms with Crippen molar-refractivity contribution in [1.82, 2.24) is 14.9 Å². The van der Waals surface area contributed by atoms with E-state index in [1.165, 1.54) is 17.5 Å². The van der Waals surface area contributed by atoms with Gasteiger partial charge in [0.05, 0.1) is 6.20 Å². The average Bonchev–Trinajstić information content (AvgIpc) is 2.98. The van der Waals surface area contributed by atoms with Crippen molar-refractivity contribution in [1.29, 1.82) is 0 Å². The van der Waals surface area contributed by atoms with Gasteiger partial charge in [-0.25, -0.2) is 8.42 Å². The Bertz CT molecular complexity index is 619. The lowest BCUT2D eigenvalue weighted by Gasteiger charge is -2.12. The summed E-state index contributed by atoms with van der Waals surface area (Å²) in [4.78, 5) is 11.4. The summed E-state index contributed by atoms with van der Waals surface area (Å²) >= 11 is 1.17. The number of carboxylic acid groups (broad SMARTS) is 1. The molecule has 2 heterocycles. The summed E-state index contributed by atoms with van der Waals surface area (Å²) < 4.78 is 25.9. The summed E-state index contributed by atoms with van der Waals surface area (Å²) in [6.45, 7) is 0. The number of aromatic amines is 1. The summed E-state index contributed by atoms with van der Waals surface area (Å²) in [6.07, 6.45) is 2.28. The van der Waals surface area contributed by atoms with Crippen LogP contribution in [0.1, 0.15) is 10.9 Å². The van der Waals surface area contributed by atoms with E-state index >= 15 is 0 Å². The normalized spacial score (nSPS) is 13.3. The second kappa shape index (κ2) is 4.88. The molecule has 0 fully saturated rings. The van der Waals surface area contributed by atoms with Crippen molar-refractivity contribution in [2.24, 2.45) is 0 Å². The molecule has 0 radical (unpaired) electrons. The van der Waals surface area contributed by atoms with E-state index < -0.39 is 22.0 Å². The van der Waals surface area contributed by atoms with E-state index in [0.717, 1.165) is 6.20 Å². The highest BCUT2D eigenvalue weighted by molar-refractivity contribution is 7.89. The van der Waals surface area contributed by atoms with E-state index in [0.29, 0.717) is 4.88 Å². The number of H-pyrrole nitrogens is 1. The fraction of sp³-hybridized carbons (Fsp3) is 0.111. The van der Waals surface area contributed by atoms with Crippen molar-refractivity contribution in [3.05, 3.63) is 34.8 Å². The van der Waals surface area contributed by atoms with Crippen LogP contribution in [0, 0.1) is 0 Å². The number of carboxylic acids is 1. The number of aromatic nitrogens is 2. The van der Waals surface area contributed by atoms with Gasteiger partial charge in [-0.3, -0.25) is 9.89 Å². The van der Waals surface area contributed by atoms with Crippen LogP contribution in [0.4, 0.5) is 0 Å². The molecule has 1 atom stereocenters. The van der Waals surface area contributed by atoms with Crippen LogP contribution in [-0.2, 0) is 14.8 Å². The first-order valence-corrected chi connectivity index (χ1v) is 7.14. The first-order chi connectivity index (χ1) is 8.50. The second-order valence-electron chi connectivity index (χ2n) is 3.34. The Morgan fingerprint density at radius 2 is 2.33 bits per heavy atom. The Labute approximate surface area is 107 Å². The molecule has 0 aliphatic rings. The monoisotopic (exact) mass is 287 g/mol. The van der Waals surface area contributed by atoms with E-state index in [9.17, 15) is 13.2 Å². The number of sulfonamides is 1. The van der Waals surface area contributed by atoms with Gasteiger partial charge in [-0.1, -0.05) is 6.07 Å². The SMILES string of the molecule is O=C(O)C(NS(=O)(=O)c1cn[nH]c1)c1cccs1. The fourth-order valence-electron chi connectivity index (χ4n) is 1.29. The number of carbonyl (C=O) groups is 1. The van der Waals surface area contributed by atoms with Crippen LogP contribution >= 0.6 is 11.3 Å². The van der Waals surface area contributed by atoms with Gasteiger partial charge in [0.1, 0.15) is 4.90 Å². The maximum Gasteiger partial charge on any atom is 0.327 e. The number of rotatable bonds is 5. The van der Waals surface area contributed by atoms with E-state index in [1.54, 1.807) is 17.5 Å². The van der Waals surface area contributed by atoms with Crippen LogP contribution in [0.25, 0.3) is 0 Å². The van der Waals surface area contributed by atoms with Crippen molar-refractivity contribution in [2.75, 3.05) is 0 Å². The standard InChI is InChI=1S/C9H9N3O4S2/c13-9(14)8(7-2-1-3-17-7)12-18(15,16)6-4-10-11-5-6/h1-5,8,12H,(H,10,11)(H,13,14). The van der Waals surface area contributed by atoms with Crippen LogP contribution in [0.5, 0.6) is 0 Å². The van der Waals surface area contributed by atoms with Crippen molar-refractivity contribution in [3.8, 4) is 0 Å². The number of hydrogen-bond donors (Lipinski definition) is 3. The molecule has 0 aromatic carbocycles. The molecule has 2 rings (SSSR count). The minimum absolute atomic E-state index is 0.106. The molecule has 0 amide bonds. The third-order valence-electron chi connectivity index (χ3n) is 2.13. The molecule has 18 heavy (non-hydrogen) atoms. The molecule has 2 aromatic heterocycles. The molecule has 1 unspecified atom stereocenters. The molecule has 0 saturated heterocycles. The van der Waals surface area contributed by atoms with E-state index in [2.05, 4.69) is 14.9 Å². The van der Waals surface area contributed by atoms with Gasteiger partial charge in [0.15, 0.2) is 6.04 Å². The van der Waals surface area contributed by atoms with Crippen molar-refractivity contribution >= 4 is 27.3 Å². The van der Waals surface area contributed by atoms with Gasteiger partial charge in [-0.15, -0.1) is 11.3 Å². The highest BCUT2D eigenvalue weighted by atomic mass is 32.2. The zero-order chi connectivity index (χ0) is 13.2. The molecular weight excluding hydrogens is 278 g/mol. The average molecular weight is 287 g/mol. The highest BCUT2D eigenvalue weighted by Crippen LogP contribution is 2.21. The topological polar surface area (TPSA) is 112 Å². The first-order valence-electron chi connectivity index (χ1n) is 4.78. The van der Waals surface area contributed by atoms with Crippen LogP contribution in [0.2, 0.25) is 0 Å². The van der Waals surface area contributed by atoms with Gasteiger partial charge in [-0.2, -0.15) is 9.82 Å². The van der Waals surface area contributed by atoms with Gasteiger partial charge >= 0.3 is 5.97 Å². The van der Waals surface area contributed by atoms with Gasteiger partial charge in [0.25, 0.3) is 0 Å². The zero-order valence-electron chi connectivity index (χ0n) is 8.90. The molecule has 96 valence electrons. The minimum Gasteiger partial charge on any atom is -0.480 e. The summed E-state index contributed by atoms with van der Waals surface area (Å²) in [7, 11) is -3.91. The molecule has 7 nitrogen and oxygen atoms in total. The third-order valence-corrected chi connectivity index (χ3v) is 4.46. The molecule has 2 aromatic rings. The molecule has 0 aliphatic carbocycles. The number of nitrogens with one attached hydrogen (secondary N) is 2. The van der Waals surface area contributed by atoms with E-state index in [1.807, 2.05) is 0 Å². The quantitative estimate of drug-likeness (QED) is 0.744. The Kier molecular flexibility index (Phi) is 3.45. The van der Waals surface area contributed by atoms with E-state index in [-0.39, 0.29) is 4.90 Å². The molecule has 0 aliphatic heterocycles. The maximum absolute atomic E-state index is 11.9. The predicted molar refractivity (Wildman–Crippen MR) is 63.6 cm³/mol. The molecule has 0 saturated carbocycles. The zero-order valence-corrected chi connectivity index (χ0v) is 10.5. The molecule has 0 spiro atoms. The summed E-state index contributed by atoms with van der Waals surface area (Å²) in [6, 6.07) is 1.91. The lowest BCUT2D eigenvalue weighted by atomic mass is 10.3. The van der Waals surface area contributed by atoms with Crippen LogP contribution in [-0.4, -0.2) is 29.7 Å². The second-order valence-corrected chi connectivity index (χ2v) is 6.04. The van der Waals surface area contributed by atoms with Crippen LogP contribution in [0.15, 0.2) is 34.8 Å². The third kappa shape index (κ3) is 2.58. The number of thiophene rings is 1. The van der Waals surface area contributed by atoms with Gasteiger partial charge in [0.2, 0.25) is 10.0 Å². The smallest absolute Gasteiger partial charge is 0.327 e. The number of aliphatic carboxylic acids is 1. The van der Waals surface area contributed by atoms with Crippen molar-refractivity contribution in [3.63, 3.8) is 0 Å². The van der Waals surface area contributed by atoms with Gasteiger partial charge in [-0.05, 0) is 11.4 Å². The fourth-order valence-corrected chi connectivity index (χ4v) is 3.21. The number of hydrogen-bond acceptors (Lipinski definition) is 5. The van der Waals surface area contributed by atoms with Crippen LogP contribution < -0.4 is 4.72 Å². The molecular formula is C9H9N3O4S2. The Balaban J connectivity index is 2.29.